The highest BCUT2D eigenvalue weighted by molar-refractivity contribution is 6.01. The van der Waals surface area contributed by atoms with Crippen molar-refractivity contribution >= 4 is 17.8 Å². The summed E-state index contributed by atoms with van der Waals surface area (Å²) in [6.45, 7) is 0.508. The number of amides is 2. The Hall–Kier alpha value is -1.43. The number of carbonyl (C=O) groups excluding carboxylic acids is 2. The van der Waals surface area contributed by atoms with Crippen LogP contribution < -0.4 is 0 Å². The van der Waals surface area contributed by atoms with E-state index >= 15 is 0 Å². The molecule has 2 atom stereocenters. The molecule has 0 spiro atoms. The maximum Gasteiger partial charge on any atom is 0.308 e. The predicted octanol–water partition coefficient (Wildman–Crippen LogP) is -0.375. The van der Waals surface area contributed by atoms with Crippen molar-refractivity contribution in [2.24, 2.45) is 5.92 Å². The fraction of sp³-hybridized carbons (Fsp3) is 0.700. The van der Waals surface area contributed by atoms with Crippen molar-refractivity contribution in [3.05, 3.63) is 0 Å². The van der Waals surface area contributed by atoms with Crippen LogP contribution in [0.1, 0.15) is 19.3 Å². The average Bonchev–Trinajstić information content (AvgIpc) is 2.84. The summed E-state index contributed by atoms with van der Waals surface area (Å²) in [5.41, 5.74) is 0. The van der Waals surface area contributed by atoms with Gasteiger partial charge in [0.25, 0.3) is 5.91 Å². The average molecular weight is 227 g/mol. The van der Waals surface area contributed by atoms with Crippen LogP contribution in [0.25, 0.3) is 0 Å². The molecule has 2 aliphatic rings. The van der Waals surface area contributed by atoms with Crippen molar-refractivity contribution in [1.82, 2.24) is 4.90 Å². The summed E-state index contributed by atoms with van der Waals surface area (Å²) < 4.78 is 5.18. The fourth-order valence-electron chi connectivity index (χ4n) is 2.03. The van der Waals surface area contributed by atoms with Gasteiger partial charge in [-0.3, -0.25) is 19.3 Å². The Labute approximate surface area is 92.2 Å². The highest BCUT2D eigenvalue weighted by Gasteiger charge is 2.40. The quantitative estimate of drug-likeness (QED) is 0.650. The van der Waals surface area contributed by atoms with Crippen LogP contribution in [-0.2, 0) is 19.1 Å². The molecule has 0 bridgehead atoms. The predicted molar refractivity (Wildman–Crippen MR) is 51.4 cm³/mol. The molecule has 2 amide bonds. The Kier molecular flexibility index (Phi) is 2.91. The number of carbonyl (C=O) groups is 3. The van der Waals surface area contributed by atoms with E-state index in [9.17, 15) is 14.4 Å². The highest BCUT2D eigenvalue weighted by atomic mass is 16.5. The van der Waals surface area contributed by atoms with Crippen molar-refractivity contribution < 1.29 is 24.2 Å². The van der Waals surface area contributed by atoms with Crippen LogP contribution in [-0.4, -0.2) is 47.0 Å². The van der Waals surface area contributed by atoms with Crippen LogP contribution in [0.3, 0.4) is 0 Å². The van der Waals surface area contributed by atoms with E-state index in [0.29, 0.717) is 13.0 Å². The number of likely N-dealkylation sites (tertiary alicyclic amines) is 1. The largest absolute Gasteiger partial charge is 0.481 e. The molecule has 0 saturated carbocycles. The first-order valence-corrected chi connectivity index (χ1v) is 5.28. The molecule has 6 heteroatoms. The van der Waals surface area contributed by atoms with Crippen molar-refractivity contribution in [1.29, 1.82) is 0 Å². The summed E-state index contributed by atoms with van der Waals surface area (Å²) >= 11 is 0. The molecule has 0 aromatic rings. The summed E-state index contributed by atoms with van der Waals surface area (Å²) in [4.78, 5) is 35.0. The van der Waals surface area contributed by atoms with Crippen LogP contribution in [0.5, 0.6) is 0 Å². The summed E-state index contributed by atoms with van der Waals surface area (Å²) in [7, 11) is 0. The standard InChI is InChI=1S/C10H13NO5/c12-8-4-6(10(14)15)5-11(8)9(13)7-2-1-3-16-7/h6-7H,1-5H2,(H,14,15). The van der Waals surface area contributed by atoms with Gasteiger partial charge in [-0.1, -0.05) is 0 Å². The molecule has 2 saturated heterocycles. The minimum Gasteiger partial charge on any atom is -0.481 e. The smallest absolute Gasteiger partial charge is 0.308 e. The maximum atomic E-state index is 11.8. The zero-order valence-electron chi connectivity index (χ0n) is 8.72. The molecule has 1 N–H and O–H groups in total. The second-order valence-electron chi connectivity index (χ2n) is 4.08. The molecule has 6 nitrogen and oxygen atoms in total. The number of rotatable bonds is 2. The first kappa shape index (κ1) is 11.1. The topological polar surface area (TPSA) is 83.9 Å². The zero-order valence-corrected chi connectivity index (χ0v) is 8.72. The van der Waals surface area contributed by atoms with Gasteiger partial charge in [-0.15, -0.1) is 0 Å². The molecule has 2 fully saturated rings. The summed E-state index contributed by atoms with van der Waals surface area (Å²) in [6, 6.07) is 0. The molecule has 2 unspecified atom stereocenters. The van der Waals surface area contributed by atoms with E-state index in [0.717, 1.165) is 11.3 Å². The van der Waals surface area contributed by atoms with Gasteiger partial charge in [-0.05, 0) is 12.8 Å². The SMILES string of the molecule is O=C(O)C1CC(=O)N(C(=O)C2CCCO2)C1. The molecular weight excluding hydrogens is 214 g/mol. The van der Waals surface area contributed by atoms with E-state index in [1.165, 1.54) is 0 Å². The number of carboxylic acids is 1. The summed E-state index contributed by atoms with van der Waals surface area (Å²) in [6.07, 6.45) is 0.770. The lowest BCUT2D eigenvalue weighted by Crippen LogP contribution is -2.40. The number of hydrogen-bond donors (Lipinski definition) is 1. The highest BCUT2D eigenvalue weighted by Crippen LogP contribution is 2.22. The van der Waals surface area contributed by atoms with Crippen LogP contribution in [0.4, 0.5) is 0 Å². The molecule has 0 radical (unpaired) electrons. The number of nitrogens with zero attached hydrogens (tertiary/aromatic N) is 1. The molecule has 2 rings (SSSR count). The van der Waals surface area contributed by atoms with Gasteiger partial charge in [0.15, 0.2) is 0 Å². The van der Waals surface area contributed by atoms with Gasteiger partial charge < -0.3 is 9.84 Å². The third-order valence-electron chi connectivity index (χ3n) is 2.95. The summed E-state index contributed by atoms with van der Waals surface area (Å²) in [5.74, 6) is -2.59. The van der Waals surface area contributed by atoms with E-state index in [1.807, 2.05) is 0 Å². The second-order valence-corrected chi connectivity index (χ2v) is 4.08. The van der Waals surface area contributed by atoms with Crippen LogP contribution in [0.2, 0.25) is 0 Å². The third-order valence-corrected chi connectivity index (χ3v) is 2.95. The fourth-order valence-corrected chi connectivity index (χ4v) is 2.03. The number of hydrogen-bond acceptors (Lipinski definition) is 4. The maximum absolute atomic E-state index is 11.8. The van der Waals surface area contributed by atoms with Gasteiger partial charge in [-0.25, -0.2) is 0 Å². The molecule has 0 aromatic heterocycles. The van der Waals surface area contributed by atoms with E-state index in [-0.39, 0.29) is 18.9 Å². The molecule has 0 aromatic carbocycles. The molecule has 0 aliphatic carbocycles. The number of aliphatic carboxylic acids is 1. The lowest BCUT2D eigenvalue weighted by Gasteiger charge is -2.17. The van der Waals surface area contributed by atoms with E-state index in [4.69, 9.17) is 9.84 Å². The van der Waals surface area contributed by atoms with Gasteiger partial charge in [0.2, 0.25) is 5.91 Å². The monoisotopic (exact) mass is 227 g/mol. The van der Waals surface area contributed by atoms with E-state index < -0.39 is 23.9 Å². The number of carboxylic acid groups (broad SMARTS) is 1. The molecule has 2 heterocycles. The first-order chi connectivity index (χ1) is 7.59. The van der Waals surface area contributed by atoms with Gasteiger partial charge in [-0.2, -0.15) is 0 Å². The lowest BCUT2D eigenvalue weighted by molar-refractivity contribution is -0.148. The summed E-state index contributed by atoms with van der Waals surface area (Å²) in [5, 5.41) is 8.77. The van der Waals surface area contributed by atoms with E-state index in [1.54, 1.807) is 0 Å². The van der Waals surface area contributed by atoms with Gasteiger partial charge in [0.05, 0.1) is 5.92 Å². The Balaban J connectivity index is 2.01. The van der Waals surface area contributed by atoms with Crippen molar-refractivity contribution in [3.8, 4) is 0 Å². The second kappa shape index (κ2) is 4.21. The van der Waals surface area contributed by atoms with Crippen LogP contribution in [0.15, 0.2) is 0 Å². The van der Waals surface area contributed by atoms with Crippen molar-refractivity contribution in [2.45, 2.75) is 25.4 Å². The lowest BCUT2D eigenvalue weighted by atomic mass is 10.1. The minimum atomic E-state index is -1.03. The Morgan fingerprint density at radius 3 is 2.69 bits per heavy atom. The van der Waals surface area contributed by atoms with Crippen molar-refractivity contribution in [2.75, 3.05) is 13.2 Å². The third kappa shape index (κ3) is 1.92. The Morgan fingerprint density at radius 2 is 2.19 bits per heavy atom. The number of imide groups is 1. The van der Waals surface area contributed by atoms with E-state index in [2.05, 4.69) is 0 Å². The molecule has 2 aliphatic heterocycles. The normalized spacial score (nSPS) is 29.8. The van der Waals surface area contributed by atoms with Gasteiger partial charge in [0.1, 0.15) is 6.10 Å². The van der Waals surface area contributed by atoms with Gasteiger partial charge >= 0.3 is 5.97 Å². The molecule has 88 valence electrons. The van der Waals surface area contributed by atoms with Crippen molar-refractivity contribution in [3.63, 3.8) is 0 Å². The Bertz CT molecular complexity index is 334. The van der Waals surface area contributed by atoms with Crippen LogP contribution in [0, 0.1) is 5.92 Å². The first-order valence-electron chi connectivity index (χ1n) is 5.28. The van der Waals surface area contributed by atoms with Crippen LogP contribution >= 0.6 is 0 Å². The molecular formula is C10H13NO5. The Morgan fingerprint density at radius 1 is 1.44 bits per heavy atom. The minimum absolute atomic E-state index is 0.0210. The van der Waals surface area contributed by atoms with Gasteiger partial charge in [0, 0.05) is 19.6 Å². The number of ether oxygens (including phenoxy) is 1. The molecule has 16 heavy (non-hydrogen) atoms. The zero-order chi connectivity index (χ0) is 11.7.